The summed E-state index contributed by atoms with van der Waals surface area (Å²) in [6.45, 7) is 6.87. The van der Waals surface area contributed by atoms with E-state index in [4.69, 9.17) is 10.5 Å². The Hall–Kier alpha value is -1.09. The van der Waals surface area contributed by atoms with Crippen LogP contribution < -0.4 is 10.5 Å². The minimum Gasteiger partial charge on any atom is -0.497 e. The molecule has 0 amide bonds. The summed E-state index contributed by atoms with van der Waals surface area (Å²) in [5, 5.41) is 0. The Morgan fingerprint density at radius 2 is 2.00 bits per heavy atom. The number of ether oxygens (including phenoxy) is 1. The Morgan fingerprint density at radius 3 is 2.41 bits per heavy atom. The molecule has 1 aromatic carbocycles. The second-order valence-corrected chi connectivity index (χ2v) is 5.58. The molecule has 17 heavy (non-hydrogen) atoms. The van der Waals surface area contributed by atoms with Crippen molar-refractivity contribution in [1.82, 2.24) is 0 Å². The van der Waals surface area contributed by atoms with Gasteiger partial charge in [0, 0.05) is 6.07 Å². The van der Waals surface area contributed by atoms with E-state index in [1.165, 1.54) is 13.2 Å². The number of rotatable bonds is 4. The van der Waals surface area contributed by atoms with Crippen molar-refractivity contribution in [2.75, 3.05) is 13.7 Å². The van der Waals surface area contributed by atoms with Gasteiger partial charge < -0.3 is 10.5 Å². The predicted molar refractivity (Wildman–Crippen MR) is 68.8 cm³/mol. The average molecular weight is 239 g/mol. The van der Waals surface area contributed by atoms with Gasteiger partial charge in [-0.15, -0.1) is 0 Å². The number of hydrogen-bond donors (Lipinski definition) is 1. The Bertz CT molecular complexity index is 371. The third-order valence-electron chi connectivity index (χ3n) is 2.79. The fourth-order valence-corrected chi connectivity index (χ4v) is 2.03. The Morgan fingerprint density at radius 1 is 1.35 bits per heavy atom. The van der Waals surface area contributed by atoms with Crippen LogP contribution in [0.3, 0.4) is 0 Å². The molecule has 0 bridgehead atoms. The lowest BCUT2D eigenvalue weighted by molar-refractivity contribution is 0.337. The average Bonchev–Trinajstić information content (AvgIpc) is 2.24. The van der Waals surface area contributed by atoms with E-state index in [2.05, 4.69) is 20.8 Å². The molecular formula is C14H22FNO. The van der Waals surface area contributed by atoms with Crippen molar-refractivity contribution in [2.45, 2.75) is 33.1 Å². The molecule has 0 saturated carbocycles. The van der Waals surface area contributed by atoms with E-state index < -0.39 is 0 Å². The van der Waals surface area contributed by atoms with E-state index >= 15 is 0 Å². The first-order valence-electron chi connectivity index (χ1n) is 5.91. The van der Waals surface area contributed by atoms with Crippen LogP contribution >= 0.6 is 0 Å². The molecule has 1 atom stereocenters. The Balaban J connectivity index is 2.96. The SMILES string of the molecule is COc1ccc(C(CN)CC(C)(C)C)c(F)c1. The zero-order chi connectivity index (χ0) is 13.1. The monoisotopic (exact) mass is 239 g/mol. The summed E-state index contributed by atoms with van der Waals surface area (Å²) in [6, 6.07) is 4.97. The minimum atomic E-state index is -0.232. The number of halogens is 1. The van der Waals surface area contributed by atoms with Gasteiger partial charge in [0.25, 0.3) is 0 Å². The van der Waals surface area contributed by atoms with Crippen molar-refractivity contribution in [1.29, 1.82) is 0 Å². The normalized spacial score (nSPS) is 13.5. The summed E-state index contributed by atoms with van der Waals surface area (Å²) in [4.78, 5) is 0. The molecule has 0 heterocycles. The largest absolute Gasteiger partial charge is 0.497 e. The first-order valence-corrected chi connectivity index (χ1v) is 5.91. The molecule has 1 aromatic rings. The predicted octanol–water partition coefficient (Wildman–Crippen LogP) is 3.31. The first-order chi connectivity index (χ1) is 7.87. The van der Waals surface area contributed by atoms with E-state index in [9.17, 15) is 4.39 Å². The van der Waals surface area contributed by atoms with Crippen LogP contribution in [0.5, 0.6) is 5.75 Å². The fraction of sp³-hybridized carbons (Fsp3) is 0.571. The molecule has 0 fully saturated rings. The van der Waals surface area contributed by atoms with Crippen LogP contribution in [-0.2, 0) is 0 Å². The maximum atomic E-state index is 13.9. The van der Waals surface area contributed by atoms with Gasteiger partial charge in [0.15, 0.2) is 0 Å². The van der Waals surface area contributed by atoms with Crippen LogP contribution in [-0.4, -0.2) is 13.7 Å². The van der Waals surface area contributed by atoms with Crippen LogP contribution in [0.4, 0.5) is 4.39 Å². The number of methoxy groups -OCH3 is 1. The van der Waals surface area contributed by atoms with E-state index in [0.717, 1.165) is 6.42 Å². The summed E-state index contributed by atoms with van der Waals surface area (Å²) in [5.74, 6) is 0.364. The number of nitrogens with two attached hydrogens (primary N) is 1. The van der Waals surface area contributed by atoms with Gasteiger partial charge >= 0.3 is 0 Å². The molecule has 96 valence electrons. The fourth-order valence-electron chi connectivity index (χ4n) is 2.03. The summed E-state index contributed by atoms with van der Waals surface area (Å²) in [7, 11) is 1.53. The zero-order valence-corrected chi connectivity index (χ0v) is 11.1. The topological polar surface area (TPSA) is 35.2 Å². The third-order valence-corrected chi connectivity index (χ3v) is 2.79. The summed E-state index contributed by atoms with van der Waals surface area (Å²) >= 11 is 0. The second kappa shape index (κ2) is 5.50. The van der Waals surface area contributed by atoms with Crippen molar-refractivity contribution in [3.05, 3.63) is 29.6 Å². The van der Waals surface area contributed by atoms with Crippen molar-refractivity contribution in [2.24, 2.45) is 11.1 Å². The highest BCUT2D eigenvalue weighted by Crippen LogP contribution is 2.32. The smallest absolute Gasteiger partial charge is 0.130 e. The van der Waals surface area contributed by atoms with Gasteiger partial charge in [-0.05, 0) is 35.9 Å². The van der Waals surface area contributed by atoms with E-state index in [1.54, 1.807) is 12.1 Å². The second-order valence-electron chi connectivity index (χ2n) is 5.58. The maximum Gasteiger partial charge on any atom is 0.130 e. The molecule has 0 saturated heterocycles. The molecule has 3 heteroatoms. The van der Waals surface area contributed by atoms with Gasteiger partial charge in [-0.1, -0.05) is 26.8 Å². The highest BCUT2D eigenvalue weighted by Gasteiger charge is 2.21. The van der Waals surface area contributed by atoms with E-state index in [1.807, 2.05) is 0 Å². The summed E-state index contributed by atoms with van der Waals surface area (Å²) < 4.78 is 18.9. The molecule has 0 aliphatic carbocycles. The third kappa shape index (κ3) is 4.00. The van der Waals surface area contributed by atoms with Crippen LogP contribution in [0.25, 0.3) is 0 Å². The quantitative estimate of drug-likeness (QED) is 0.874. The highest BCUT2D eigenvalue weighted by atomic mass is 19.1. The van der Waals surface area contributed by atoms with Crippen molar-refractivity contribution >= 4 is 0 Å². The minimum absolute atomic E-state index is 0.0564. The molecule has 0 aromatic heterocycles. The van der Waals surface area contributed by atoms with Gasteiger partial charge in [0.05, 0.1) is 7.11 Å². The van der Waals surface area contributed by atoms with Crippen LogP contribution in [0.1, 0.15) is 38.7 Å². The Kier molecular flexibility index (Phi) is 4.52. The molecular weight excluding hydrogens is 217 g/mol. The van der Waals surface area contributed by atoms with E-state index in [0.29, 0.717) is 17.9 Å². The highest BCUT2D eigenvalue weighted by molar-refractivity contribution is 5.31. The zero-order valence-electron chi connectivity index (χ0n) is 11.1. The number of benzene rings is 1. The van der Waals surface area contributed by atoms with Crippen LogP contribution in [0, 0.1) is 11.2 Å². The van der Waals surface area contributed by atoms with Gasteiger partial charge in [0.2, 0.25) is 0 Å². The maximum absolute atomic E-state index is 13.9. The standard InChI is InChI=1S/C14H22FNO/c1-14(2,3)8-10(9-16)12-6-5-11(17-4)7-13(12)15/h5-7,10H,8-9,16H2,1-4H3. The van der Waals surface area contributed by atoms with Crippen molar-refractivity contribution < 1.29 is 9.13 Å². The van der Waals surface area contributed by atoms with Gasteiger partial charge in [-0.2, -0.15) is 0 Å². The summed E-state index contributed by atoms with van der Waals surface area (Å²) in [5.41, 5.74) is 6.57. The molecule has 1 unspecified atom stereocenters. The lowest BCUT2D eigenvalue weighted by Gasteiger charge is -2.25. The van der Waals surface area contributed by atoms with E-state index in [-0.39, 0.29) is 17.2 Å². The van der Waals surface area contributed by atoms with Gasteiger partial charge in [-0.3, -0.25) is 0 Å². The lowest BCUT2D eigenvalue weighted by Crippen LogP contribution is -2.20. The molecule has 2 N–H and O–H groups in total. The molecule has 0 aliphatic rings. The molecule has 0 aliphatic heterocycles. The molecule has 1 rings (SSSR count). The molecule has 0 spiro atoms. The van der Waals surface area contributed by atoms with Crippen LogP contribution in [0.15, 0.2) is 18.2 Å². The van der Waals surface area contributed by atoms with Crippen molar-refractivity contribution in [3.8, 4) is 5.75 Å². The number of hydrogen-bond acceptors (Lipinski definition) is 2. The molecule has 0 radical (unpaired) electrons. The molecule has 2 nitrogen and oxygen atoms in total. The summed E-state index contributed by atoms with van der Waals surface area (Å²) in [6.07, 6.45) is 0.868. The first kappa shape index (κ1) is 14.0. The lowest BCUT2D eigenvalue weighted by atomic mass is 9.81. The van der Waals surface area contributed by atoms with Crippen LogP contribution in [0.2, 0.25) is 0 Å². The van der Waals surface area contributed by atoms with Crippen molar-refractivity contribution in [3.63, 3.8) is 0 Å². The van der Waals surface area contributed by atoms with Gasteiger partial charge in [0.1, 0.15) is 11.6 Å². The van der Waals surface area contributed by atoms with Gasteiger partial charge in [-0.25, -0.2) is 4.39 Å². The Labute approximate surface area is 103 Å².